The first kappa shape index (κ1) is 19.4. The molecule has 0 aliphatic rings. The standard InChI is InChI=1S/C20H15ClF2N2OS/c1-12(20(26,11-21)16-7-6-15(22)8-17(16)23)19-25-18(10-27-19)14-4-2-13(9-24)3-5-14/h2-8,10,12,26H,11H2,1H3/t12-,20+/m1/s1. The number of nitriles is 1. The lowest BCUT2D eigenvalue weighted by Gasteiger charge is -2.32. The Kier molecular flexibility index (Phi) is 5.56. The van der Waals surface area contributed by atoms with Crippen LogP contribution in [-0.2, 0) is 5.60 Å². The Bertz CT molecular complexity index is 1000. The van der Waals surface area contributed by atoms with E-state index in [1.807, 2.05) is 5.38 Å². The summed E-state index contributed by atoms with van der Waals surface area (Å²) in [5.74, 6) is -2.47. The monoisotopic (exact) mass is 404 g/mol. The van der Waals surface area contributed by atoms with Crippen LogP contribution >= 0.6 is 22.9 Å². The molecule has 7 heteroatoms. The topological polar surface area (TPSA) is 56.9 Å². The van der Waals surface area contributed by atoms with Crippen LogP contribution in [0.1, 0.15) is 29.0 Å². The summed E-state index contributed by atoms with van der Waals surface area (Å²) in [6, 6.07) is 12.0. The van der Waals surface area contributed by atoms with E-state index in [4.69, 9.17) is 16.9 Å². The number of aliphatic hydroxyl groups is 1. The van der Waals surface area contributed by atoms with Gasteiger partial charge in [-0.3, -0.25) is 0 Å². The maximum Gasteiger partial charge on any atom is 0.132 e. The third-order valence-corrected chi connectivity index (χ3v) is 5.95. The van der Waals surface area contributed by atoms with E-state index in [-0.39, 0.29) is 11.4 Å². The van der Waals surface area contributed by atoms with Crippen LogP contribution in [0.2, 0.25) is 0 Å². The van der Waals surface area contributed by atoms with Crippen LogP contribution in [0.3, 0.4) is 0 Å². The highest BCUT2D eigenvalue weighted by Gasteiger charge is 2.39. The zero-order valence-corrected chi connectivity index (χ0v) is 15.9. The lowest BCUT2D eigenvalue weighted by Crippen LogP contribution is -2.35. The van der Waals surface area contributed by atoms with E-state index in [2.05, 4.69) is 11.1 Å². The summed E-state index contributed by atoms with van der Waals surface area (Å²) in [5, 5.41) is 22.3. The van der Waals surface area contributed by atoms with Crippen molar-refractivity contribution >= 4 is 22.9 Å². The number of nitrogens with zero attached hydrogens (tertiary/aromatic N) is 2. The third kappa shape index (κ3) is 3.72. The highest BCUT2D eigenvalue weighted by Crippen LogP contribution is 2.41. The fourth-order valence-electron chi connectivity index (χ4n) is 2.80. The number of benzene rings is 2. The molecule has 2 atom stereocenters. The molecule has 0 radical (unpaired) electrons. The molecule has 27 heavy (non-hydrogen) atoms. The van der Waals surface area contributed by atoms with Gasteiger partial charge in [-0.2, -0.15) is 5.26 Å². The van der Waals surface area contributed by atoms with E-state index >= 15 is 0 Å². The number of alkyl halides is 1. The van der Waals surface area contributed by atoms with Crippen molar-refractivity contribution in [2.45, 2.75) is 18.4 Å². The molecule has 0 amide bonds. The number of hydrogen-bond acceptors (Lipinski definition) is 4. The van der Waals surface area contributed by atoms with Crippen LogP contribution in [0.15, 0.2) is 47.8 Å². The van der Waals surface area contributed by atoms with Gasteiger partial charge in [-0.05, 0) is 18.2 Å². The van der Waals surface area contributed by atoms with Crippen molar-refractivity contribution in [3.63, 3.8) is 0 Å². The minimum atomic E-state index is -1.74. The number of rotatable bonds is 5. The smallest absolute Gasteiger partial charge is 0.132 e. The van der Waals surface area contributed by atoms with Crippen LogP contribution in [-0.4, -0.2) is 16.0 Å². The Balaban J connectivity index is 1.95. The molecule has 3 nitrogen and oxygen atoms in total. The quantitative estimate of drug-likeness (QED) is 0.595. The van der Waals surface area contributed by atoms with E-state index in [0.717, 1.165) is 17.7 Å². The first-order valence-electron chi connectivity index (χ1n) is 8.09. The third-order valence-electron chi connectivity index (χ3n) is 4.52. The van der Waals surface area contributed by atoms with E-state index in [1.165, 1.54) is 17.4 Å². The maximum atomic E-state index is 14.2. The Morgan fingerprint density at radius 1 is 1.26 bits per heavy atom. The van der Waals surface area contributed by atoms with E-state index in [1.54, 1.807) is 31.2 Å². The minimum Gasteiger partial charge on any atom is -0.383 e. The van der Waals surface area contributed by atoms with Crippen molar-refractivity contribution in [3.8, 4) is 17.3 Å². The van der Waals surface area contributed by atoms with Crippen LogP contribution in [0.4, 0.5) is 8.78 Å². The highest BCUT2D eigenvalue weighted by molar-refractivity contribution is 7.10. The van der Waals surface area contributed by atoms with Gasteiger partial charge in [0.15, 0.2) is 0 Å². The lowest BCUT2D eigenvalue weighted by atomic mass is 9.83. The van der Waals surface area contributed by atoms with Crippen molar-refractivity contribution in [2.24, 2.45) is 0 Å². The molecule has 3 rings (SSSR count). The average molecular weight is 405 g/mol. The molecule has 2 aromatic carbocycles. The minimum absolute atomic E-state index is 0.0680. The Morgan fingerprint density at radius 2 is 1.96 bits per heavy atom. The zero-order chi connectivity index (χ0) is 19.6. The summed E-state index contributed by atoms with van der Waals surface area (Å²) >= 11 is 7.31. The molecular formula is C20H15ClF2N2OS. The van der Waals surface area contributed by atoms with Gasteiger partial charge in [0.25, 0.3) is 0 Å². The normalized spacial score (nSPS) is 14.4. The second kappa shape index (κ2) is 7.73. The van der Waals surface area contributed by atoms with Crippen LogP contribution in [0, 0.1) is 23.0 Å². The Hall–Kier alpha value is -2.33. The summed E-state index contributed by atoms with van der Waals surface area (Å²) in [6.45, 7) is 1.70. The first-order chi connectivity index (χ1) is 12.9. The van der Waals surface area contributed by atoms with Crippen LogP contribution < -0.4 is 0 Å². The van der Waals surface area contributed by atoms with E-state index in [0.29, 0.717) is 16.3 Å². The van der Waals surface area contributed by atoms with Crippen molar-refractivity contribution < 1.29 is 13.9 Å². The molecule has 0 aliphatic heterocycles. The molecule has 138 valence electrons. The van der Waals surface area contributed by atoms with Crippen LogP contribution in [0.5, 0.6) is 0 Å². The lowest BCUT2D eigenvalue weighted by molar-refractivity contribution is 0.0324. The molecule has 1 N–H and O–H groups in total. The number of halogens is 3. The highest BCUT2D eigenvalue weighted by atomic mass is 35.5. The first-order valence-corrected chi connectivity index (χ1v) is 9.50. The van der Waals surface area contributed by atoms with E-state index in [9.17, 15) is 13.9 Å². The van der Waals surface area contributed by atoms with Gasteiger partial charge >= 0.3 is 0 Å². The maximum absolute atomic E-state index is 14.2. The van der Waals surface area contributed by atoms with Crippen LogP contribution in [0.25, 0.3) is 11.3 Å². The summed E-state index contributed by atoms with van der Waals surface area (Å²) in [4.78, 5) is 4.54. The van der Waals surface area contributed by atoms with Crippen molar-refractivity contribution in [2.75, 3.05) is 5.88 Å². The zero-order valence-electron chi connectivity index (χ0n) is 14.3. The molecular weight excluding hydrogens is 390 g/mol. The van der Waals surface area contributed by atoms with E-state index < -0.39 is 23.2 Å². The van der Waals surface area contributed by atoms with Crippen molar-refractivity contribution in [1.29, 1.82) is 5.26 Å². The van der Waals surface area contributed by atoms with Gasteiger partial charge in [-0.15, -0.1) is 22.9 Å². The van der Waals surface area contributed by atoms with Gasteiger partial charge in [0, 0.05) is 28.5 Å². The van der Waals surface area contributed by atoms with Gasteiger partial charge in [0.05, 0.1) is 28.2 Å². The SMILES string of the molecule is C[C@H](c1nc(-c2ccc(C#N)cc2)cs1)[C@@](O)(CCl)c1ccc(F)cc1F. The second-order valence-corrected chi connectivity index (χ2v) is 7.32. The molecule has 0 saturated heterocycles. The van der Waals surface area contributed by atoms with Gasteiger partial charge in [-0.25, -0.2) is 13.8 Å². The van der Waals surface area contributed by atoms with Gasteiger partial charge in [0.1, 0.15) is 17.2 Å². The molecule has 0 fully saturated rings. The predicted octanol–water partition coefficient (Wildman–Crippen LogP) is 5.19. The average Bonchev–Trinajstić information content (AvgIpc) is 3.17. The van der Waals surface area contributed by atoms with Gasteiger partial charge < -0.3 is 5.11 Å². The molecule has 0 unspecified atom stereocenters. The van der Waals surface area contributed by atoms with Crippen molar-refractivity contribution in [1.82, 2.24) is 4.98 Å². The molecule has 0 bridgehead atoms. The summed E-state index contributed by atoms with van der Waals surface area (Å²) in [5.41, 5.74) is 0.250. The van der Waals surface area contributed by atoms with Gasteiger partial charge in [-0.1, -0.05) is 25.1 Å². The number of thiazole rings is 1. The molecule has 0 aliphatic carbocycles. The molecule has 1 heterocycles. The fourth-order valence-corrected chi connectivity index (χ4v) is 4.15. The second-order valence-electron chi connectivity index (χ2n) is 6.16. The number of aromatic nitrogens is 1. The molecule has 1 aromatic heterocycles. The summed E-state index contributed by atoms with van der Waals surface area (Å²) in [7, 11) is 0. The predicted molar refractivity (Wildman–Crippen MR) is 102 cm³/mol. The largest absolute Gasteiger partial charge is 0.383 e. The fraction of sp³-hybridized carbons (Fsp3) is 0.200. The van der Waals surface area contributed by atoms with Gasteiger partial charge in [0.2, 0.25) is 0 Å². The molecule has 0 spiro atoms. The Morgan fingerprint density at radius 3 is 2.56 bits per heavy atom. The molecule has 0 saturated carbocycles. The van der Waals surface area contributed by atoms with Crippen molar-refractivity contribution in [3.05, 3.63) is 75.6 Å². The Labute approximate surface area is 164 Å². The summed E-state index contributed by atoms with van der Waals surface area (Å²) < 4.78 is 27.5. The number of hydrogen-bond donors (Lipinski definition) is 1. The molecule has 3 aromatic rings. The summed E-state index contributed by atoms with van der Waals surface area (Å²) in [6.07, 6.45) is 0.